The van der Waals surface area contributed by atoms with Crippen LogP contribution in [0.4, 0.5) is 0 Å². The molecule has 0 unspecified atom stereocenters. The first kappa shape index (κ1) is 6.99. The number of hydrogen-bond donors (Lipinski definition) is 2. The van der Waals surface area contributed by atoms with Gasteiger partial charge in [-0.15, -0.1) is 0 Å². The summed E-state index contributed by atoms with van der Waals surface area (Å²) in [4.78, 5) is 0. The summed E-state index contributed by atoms with van der Waals surface area (Å²) in [7, 11) is 0. The molecule has 0 aliphatic carbocycles. The molecule has 0 saturated carbocycles. The molecule has 0 radical (unpaired) electrons. The maximum absolute atomic E-state index is 8.61. The monoisotopic (exact) mass is 131 g/mol. The number of rotatable bonds is 2. The van der Waals surface area contributed by atoms with Crippen LogP contribution in [-0.4, -0.2) is 30.5 Å². The SMILES string of the molecule is NC[C@@H]1CC[C@H](CO)O1. The molecule has 1 fully saturated rings. The van der Waals surface area contributed by atoms with Gasteiger partial charge in [0.1, 0.15) is 0 Å². The lowest BCUT2D eigenvalue weighted by molar-refractivity contribution is 0.0158. The minimum Gasteiger partial charge on any atom is -0.394 e. The second kappa shape index (κ2) is 3.15. The molecule has 3 N–H and O–H groups in total. The number of aliphatic hydroxyl groups is 1. The number of ether oxygens (including phenoxy) is 1. The molecule has 1 heterocycles. The van der Waals surface area contributed by atoms with Gasteiger partial charge in [0, 0.05) is 6.54 Å². The summed E-state index contributed by atoms with van der Waals surface area (Å²) in [5.41, 5.74) is 5.34. The summed E-state index contributed by atoms with van der Waals surface area (Å²) in [6.45, 7) is 0.715. The first-order chi connectivity index (χ1) is 4.36. The summed E-state index contributed by atoms with van der Waals surface area (Å²) in [5.74, 6) is 0. The van der Waals surface area contributed by atoms with E-state index in [0.29, 0.717) is 6.54 Å². The minimum absolute atomic E-state index is 0.0542. The van der Waals surface area contributed by atoms with Gasteiger partial charge in [-0.2, -0.15) is 0 Å². The normalized spacial score (nSPS) is 35.3. The van der Waals surface area contributed by atoms with Crippen molar-refractivity contribution in [3.8, 4) is 0 Å². The van der Waals surface area contributed by atoms with Crippen molar-refractivity contribution in [2.45, 2.75) is 25.0 Å². The van der Waals surface area contributed by atoms with Gasteiger partial charge in [-0.25, -0.2) is 0 Å². The Morgan fingerprint density at radius 1 is 1.44 bits per heavy atom. The molecular weight excluding hydrogens is 118 g/mol. The van der Waals surface area contributed by atoms with Crippen molar-refractivity contribution in [3.63, 3.8) is 0 Å². The third-order valence-corrected chi connectivity index (χ3v) is 1.66. The van der Waals surface area contributed by atoms with Gasteiger partial charge in [-0.3, -0.25) is 0 Å². The van der Waals surface area contributed by atoms with Crippen molar-refractivity contribution >= 4 is 0 Å². The molecule has 54 valence electrons. The molecule has 9 heavy (non-hydrogen) atoms. The Hall–Kier alpha value is -0.120. The molecule has 0 aromatic carbocycles. The quantitative estimate of drug-likeness (QED) is 0.530. The van der Waals surface area contributed by atoms with E-state index in [1.54, 1.807) is 0 Å². The molecule has 1 aliphatic heterocycles. The van der Waals surface area contributed by atoms with Crippen molar-refractivity contribution in [1.82, 2.24) is 0 Å². The Morgan fingerprint density at radius 2 is 2.11 bits per heavy atom. The molecule has 1 aliphatic rings. The number of aliphatic hydroxyl groups excluding tert-OH is 1. The molecule has 3 nitrogen and oxygen atoms in total. The van der Waals surface area contributed by atoms with E-state index in [2.05, 4.69) is 0 Å². The number of hydrogen-bond acceptors (Lipinski definition) is 3. The van der Waals surface area contributed by atoms with E-state index in [4.69, 9.17) is 15.6 Å². The predicted molar refractivity (Wildman–Crippen MR) is 34.0 cm³/mol. The van der Waals surface area contributed by atoms with E-state index in [-0.39, 0.29) is 18.8 Å². The van der Waals surface area contributed by atoms with Gasteiger partial charge in [0.25, 0.3) is 0 Å². The highest BCUT2D eigenvalue weighted by Crippen LogP contribution is 2.17. The van der Waals surface area contributed by atoms with E-state index in [9.17, 15) is 0 Å². The number of nitrogens with two attached hydrogens (primary N) is 1. The van der Waals surface area contributed by atoms with E-state index < -0.39 is 0 Å². The molecule has 1 rings (SSSR count). The summed E-state index contributed by atoms with van der Waals surface area (Å²) >= 11 is 0. The van der Waals surface area contributed by atoms with Crippen LogP contribution in [0.15, 0.2) is 0 Å². The van der Waals surface area contributed by atoms with Crippen LogP contribution >= 0.6 is 0 Å². The first-order valence-corrected chi connectivity index (χ1v) is 3.33. The van der Waals surface area contributed by atoms with Gasteiger partial charge in [0.2, 0.25) is 0 Å². The maximum Gasteiger partial charge on any atom is 0.0811 e. The fourth-order valence-corrected chi connectivity index (χ4v) is 1.09. The predicted octanol–water partition coefficient (Wildman–Crippen LogP) is -0.515. The molecular formula is C6H13NO2. The highest BCUT2D eigenvalue weighted by Gasteiger charge is 2.22. The largest absolute Gasteiger partial charge is 0.394 e. The van der Waals surface area contributed by atoms with Crippen LogP contribution in [0.5, 0.6) is 0 Å². The van der Waals surface area contributed by atoms with E-state index in [1.165, 1.54) is 0 Å². The summed E-state index contributed by atoms with van der Waals surface area (Å²) in [5, 5.41) is 8.61. The molecule has 0 aromatic heterocycles. The lowest BCUT2D eigenvalue weighted by Crippen LogP contribution is -2.21. The molecule has 2 atom stereocenters. The molecule has 0 amide bonds. The third-order valence-electron chi connectivity index (χ3n) is 1.66. The van der Waals surface area contributed by atoms with E-state index >= 15 is 0 Å². The van der Waals surface area contributed by atoms with Gasteiger partial charge in [0.15, 0.2) is 0 Å². The van der Waals surface area contributed by atoms with Crippen LogP contribution < -0.4 is 5.73 Å². The summed E-state index contributed by atoms with van der Waals surface area (Å²) < 4.78 is 5.28. The van der Waals surface area contributed by atoms with Gasteiger partial charge in [-0.05, 0) is 12.8 Å². The summed E-state index contributed by atoms with van der Waals surface area (Å²) in [6, 6.07) is 0. The fourth-order valence-electron chi connectivity index (χ4n) is 1.09. The van der Waals surface area contributed by atoms with Crippen molar-refractivity contribution in [3.05, 3.63) is 0 Å². The molecule has 1 saturated heterocycles. The Morgan fingerprint density at radius 3 is 2.44 bits per heavy atom. The van der Waals surface area contributed by atoms with E-state index in [0.717, 1.165) is 12.8 Å². The standard InChI is InChI=1S/C6H13NO2/c7-3-5-1-2-6(4-8)9-5/h5-6,8H,1-4,7H2/t5-,6+/m0/s1. The summed E-state index contributed by atoms with van der Waals surface area (Å²) in [6.07, 6.45) is 2.21. The van der Waals surface area contributed by atoms with Crippen molar-refractivity contribution < 1.29 is 9.84 Å². The Balaban J connectivity index is 2.20. The first-order valence-electron chi connectivity index (χ1n) is 3.33. The highest BCUT2D eigenvalue weighted by molar-refractivity contribution is 4.72. The van der Waals surface area contributed by atoms with Crippen LogP contribution in [0.3, 0.4) is 0 Å². The zero-order valence-corrected chi connectivity index (χ0v) is 5.42. The maximum atomic E-state index is 8.61. The lowest BCUT2D eigenvalue weighted by atomic mass is 10.2. The van der Waals surface area contributed by atoms with Gasteiger partial charge in [0.05, 0.1) is 18.8 Å². The second-order valence-electron chi connectivity index (χ2n) is 2.38. The molecule has 3 heteroatoms. The average molecular weight is 131 g/mol. The average Bonchev–Trinajstić information content (AvgIpc) is 2.34. The van der Waals surface area contributed by atoms with Crippen LogP contribution in [0, 0.1) is 0 Å². The Labute approximate surface area is 54.8 Å². The van der Waals surface area contributed by atoms with Crippen LogP contribution in [0.1, 0.15) is 12.8 Å². The second-order valence-corrected chi connectivity index (χ2v) is 2.38. The van der Waals surface area contributed by atoms with Crippen molar-refractivity contribution in [2.75, 3.05) is 13.2 Å². The van der Waals surface area contributed by atoms with Crippen LogP contribution in [0.2, 0.25) is 0 Å². The molecule has 0 spiro atoms. The lowest BCUT2D eigenvalue weighted by Gasteiger charge is -2.07. The fraction of sp³-hybridized carbons (Fsp3) is 1.00. The van der Waals surface area contributed by atoms with E-state index in [1.807, 2.05) is 0 Å². The molecule has 0 aromatic rings. The Kier molecular flexibility index (Phi) is 2.45. The Bertz CT molecular complexity index is 77.1. The van der Waals surface area contributed by atoms with Crippen molar-refractivity contribution in [2.24, 2.45) is 5.73 Å². The molecule has 0 bridgehead atoms. The van der Waals surface area contributed by atoms with Crippen LogP contribution in [-0.2, 0) is 4.74 Å². The highest BCUT2D eigenvalue weighted by atomic mass is 16.5. The zero-order valence-electron chi connectivity index (χ0n) is 5.42. The topological polar surface area (TPSA) is 55.5 Å². The van der Waals surface area contributed by atoms with Gasteiger partial charge < -0.3 is 15.6 Å². The zero-order chi connectivity index (χ0) is 6.69. The van der Waals surface area contributed by atoms with Gasteiger partial charge in [-0.1, -0.05) is 0 Å². The third kappa shape index (κ3) is 1.64. The van der Waals surface area contributed by atoms with Crippen molar-refractivity contribution in [1.29, 1.82) is 0 Å². The smallest absolute Gasteiger partial charge is 0.0811 e. The van der Waals surface area contributed by atoms with Gasteiger partial charge >= 0.3 is 0 Å². The van der Waals surface area contributed by atoms with Crippen LogP contribution in [0.25, 0.3) is 0 Å². The minimum atomic E-state index is 0.0542.